The van der Waals surface area contributed by atoms with Crippen LogP contribution in [0.25, 0.3) is 10.2 Å². The summed E-state index contributed by atoms with van der Waals surface area (Å²) in [7, 11) is 0. The van der Waals surface area contributed by atoms with E-state index >= 15 is 0 Å². The number of thiophene rings is 1. The molecule has 1 amide bonds. The van der Waals surface area contributed by atoms with Gasteiger partial charge in [0.2, 0.25) is 0 Å². The van der Waals surface area contributed by atoms with Gasteiger partial charge in [-0.2, -0.15) is 4.37 Å². The van der Waals surface area contributed by atoms with E-state index in [4.69, 9.17) is 14.7 Å². The highest BCUT2D eigenvalue weighted by atomic mass is 32.1. The molecule has 33 heavy (non-hydrogen) atoms. The Hall–Kier alpha value is -2.14. The van der Waals surface area contributed by atoms with Gasteiger partial charge in [0.15, 0.2) is 0 Å². The van der Waals surface area contributed by atoms with Crippen LogP contribution in [0.4, 0.5) is 5.82 Å². The van der Waals surface area contributed by atoms with E-state index in [-0.39, 0.29) is 11.9 Å². The molecule has 0 radical (unpaired) electrons. The molecule has 176 valence electrons. The van der Waals surface area contributed by atoms with E-state index in [1.165, 1.54) is 11.5 Å². The highest BCUT2D eigenvalue weighted by molar-refractivity contribution is 7.17. The molecule has 2 fully saturated rings. The number of hydrogen-bond donors (Lipinski definition) is 3. The van der Waals surface area contributed by atoms with Crippen molar-refractivity contribution in [3.8, 4) is 0 Å². The number of ether oxygens (including phenoxy) is 1. The summed E-state index contributed by atoms with van der Waals surface area (Å²) in [6.07, 6.45) is 5.62. The van der Waals surface area contributed by atoms with Gasteiger partial charge < -0.3 is 20.5 Å². The van der Waals surface area contributed by atoms with Crippen molar-refractivity contribution >= 4 is 44.8 Å². The molecule has 1 saturated carbocycles. The van der Waals surface area contributed by atoms with E-state index in [1.807, 2.05) is 24.4 Å². The van der Waals surface area contributed by atoms with Crippen molar-refractivity contribution in [3.05, 3.63) is 33.9 Å². The van der Waals surface area contributed by atoms with Crippen molar-refractivity contribution in [2.45, 2.75) is 69.6 Å². The fourth-order valence-corrected chi connectivity index (χ4v) is 5.92. The molecular weight excluding hydrogens is 458 g/mol. The van der Waals surface area contributed by atoms with Gasteiger partial charge in [0.05, 0.1) is 15.8 Å². The fraction of sp³-hybridized carbons (Fsp3) is 0.565. The van der Waals surface area contributed by atoms with E-state index in [0.29, 0.717) is 37.2 Å². The highest BCUT2D eigenvalue weighted by Gasteiger charge is 2.29. The molecule has 0 aromatic carbocycles. The zero-order valence-corrected chi connectivity index (χ0v) is 20.3. The maximum absolute atomic E-state index is 12.6. The molecule has 5 rings (SSSR count). The van der Waals surface area contributed by atoms with Crippen LogP contribution in [0.3, 0.4) is 0 Å². The Morgan fingerprint density at radius 1 is 1.21 bits per heavy atom. The van der Waals surface area contributed by atoms with Crippen molar-refractivity contribution in [2.75, 3.05) is 18.5 Å². The summed E-state index contributed by atoms with van der Waals surface area (Å²) < 4.78 is 10.8. The monoisotopic (exact) mass is 487 g/mol. The zero-order valence-electron chi connectivity index (χ0n) is 18.7. The summed E-state index contributed by atoms with van der Waals surface area (Å²) in [6, 6.07) is 4.30. The number of rotatable bonds is 6. The van der Waals surface area contributed by atoms with Crippen LogP contribution in [0, 0.1) is 0 Å². The van der Waals surface area contributed by atoms with Crippen LogP contribution < -0.4 is 10.6 Å². The summed E-state index contributed by atoms with van der Waals surface area (Å²) in [4.78, 5) is 23.1. The molecule has 10 heteroatoms. The highest BCUT2D eigenvalue weighted by Crippen LogP contribution is 2.32. The zero-order chi connectivity index (χ0) is 22.8. The third kappa shape index (κ3) is 5.51. The van der Waals surface area contributed by atoms with Crippen LogP contribution >= 0.6 is 22.9 Å². The molecule has 4 heterocycles. The molecule has 0 atom stereocenters. The Labute approximate surface area is 201 Å². The van der Waals surface area contributed by atoms with Gasteiger partial charge in [0.25, 0.3) is 5.91 Å². The van der Waals surface area contributed by atoms with Crippen molar-refractivity contribution in [2.24, 2.45) is 0 Å². The molecule has 3 N–H and O–H groups in total. The first kappa shape index (κ1) is 22.6. The van der Waals surface area contributed by atoms with Gasteiger partial charge in [-0.3, -0.25) is 4.79 Å². The lowest BCUT2D eigenvalue weighted by Gasteiger charge is -2.33. The molecule has 1 saturated heterocycles. The van der Waals surface area contributed by atoms with Gasteiger partial charge in [-0.05, 0) is 74.5 Å². The number of aromatic nitrogens is 3. The van der Waals surface area contributed by atoms with Crippen LogP contribution in [0.15, 0.2) is 17.5 Å². The minimum absolute atomic E-state index is 0.130. The van der Waals surface area contributed by atoms with E-state index in [2.05, 4.69) is 15.0 Å². The number of amides is 1. The first-order valence-electron chi connectivity index (χ1n) is 11.5. The van der Waals surface area contributed by atoms with E-state index in [9.17, 15) is 9.90 Å². The number of carbonyl (C=O) groups excluding carboxylic acids is 1. The number of fused-ring (bicyclic) bond motifs is 1. The second kappa shape index (κ2) is 9.61. The summed E-state index contributed by atoms with van der Waals surface area (Å²) in [6.45, 7) is 3.29. The molecule has 1 aliphatic heterocycles. The summed E-state index contributed by atoms with van der Waals surface area (Å²) >= 11 is 2.96. The maximum atomic E-state index is 12.6. The Balaban J connectivity index is 1.28. The molecule has 0 unspecified atom stereocenters. The van der Waals surface area contributed by atoms with Crippen LogP contribution in [0.5, 0.6) is 0 Å². The summed E-state index contributed by atoms with van der Waals surface area (Å²) in [5.41, 5.74) is 0.816. The van der Waals surface area contributed by atoms with Crippen molar-refractivity contribution in [1.29, 1.82) is 0 Å². The number of aliphatic hydroxyl groups is 1. The predicted octanol–water partition coefficient (Wildman–Crippen LogP) is 3.75. The quantitative estimate of drug-likeness (QED) is 0.486. The molecule has 3 aromatic heterocycles. The average molecular weight is 488 g/mol. The Morgan fingerprint density at radius 3 is 2.79 bits per heavy atom. The van der Waals surface area contributed by atoms with Gasteiger partial charge in [0, 0.05) is 36.6 Å². The lowest BCUT2D eigenvalue weighted by Crippen LogP contribution is -2.39. The predicted molar refractivity (Wildman–Crippen MR) is 130 cm³/mol. The van der Waals surface area contributed by atoms with Crippen LogP contribution in [0.2, 0.25) is 0 Å². The van der Waals surface area contributed by atoms with Gasteiger partial charge in [-0.15, -0.1) is 11.3 Å². The second-order valence-corrected chi connectivity index (χ2v) is 11.1. The Bertz CT molecular complexity index is 1110. The number of hydrogen-bond acceptors (Lipinski definition) is 9. The van der Waals surface area contributed by atoms with Gasteiger partial charge in [-0.1, -0.05) is 0 Å². The first-order chi connectivity index (χ1) is 15.9. The largest absolute Gasteiger partial charge is 0.390 e. The smallest absolute Gasteiger partial charge is 0.271 e. The first-order valence-corrected chi connectivity index (χ1v) is 13.2. The molecule has 0 bridgehead atoms. The molecule has 8 nitrogen and oxygen atoms in total. The lowest BCUT2D eigenvalue weighted by molar-refractivity contribution is 0.0196. The number of nitrogens with zero attached hydrogens (tertiary/aromatic N) is 3. The third-order valence-electron chi connectivity index (χ3n) is 6.43. The normalized spacial score (nSPS) is 24.1. The second-order valence-electron chi connectivity index (χ2n) is 9.25. The molecule has 3 aromatic rings. The van der Waals surface area contributed by atoms with Crippen molar-refractivity contribution in [1.82, 2.24) is 19.7 Å². The Morgan fingerprint density at radius 2 is 2.00 bits per heavy atom. The summed E-state index contributed by atoms with van der Waals surface area (Å²) in [5, 5.41) is 18.9. The van der Waals surface area contributed by atoms with E-state index in [0.717, 1.165) is 59.4 Å². The van der Waals surface area contributed by atoms with Crippen molar-refractivity contribution < 1.29 is 14.6 Å². The maximum Gasteiger partial charge on any atom is 0.271 e. The number of nitrogens with one attached hydrogen (secondary N) is 2. The summed E-state index contributed by atoms with van der Waals surface area (Å²) in [5.74, 6) is 1.44. The fourth-order valence-electron chi connectivity index (χ4n) is 4.43. The molecular formula is C23H29N5O3S2. The average Bonchev–Trinajstić information content (AvgIpc) is 3.46. The lowest BCUT2D eigenvalue weighted by atomic mass is 9.84. The minimum Gasteiger partial charge on any atom is -0.390 e. The standard InChI is InChI=1S/C23H29N5O3S2/c1-23(30)7-2-14(3-8-23)24-21-20-17(6-11-32-20)26-19(27-21)13-16-12-18(28-33-16)22(29)25-15-4-9-31-10-5-15/h6,11-12,14-15,30H,2-5,7-10,13H2,1H3,(H,25,29)(H,24,26,27). The van der Waals surface area contributed by atoms with Gasteiger partial charge in [-0.25, -0.2) is 9.97 Å². The van der Waals surface area contributed by atoms with E-state index in [1.54, 1.807) is 11.3 Å². The Kier molecular flexibility index (Phi) is 6.60. The van der Waals surface area contributed by atoms with Crippen LogP contribution in [0.1, 0.15) is 66.6 Å². The van der Waals surface area contributed by atoms with Crippen LogP contribution in [-0.2, 0) is 11.2 Å². The van der Waals surface area contributed by atoms with Gasteiger partial charge in [0.1, 0.15) is 17.3 Å². The number of carbonyl (C=O) groups is 1. The van der Waals surface area contributed by atoms with Crippen molar-refractivity contribution in [3.63, 3.8) is 0 Å². The number of anilines is 1. The topological polar surface area (TPSA) is 109 Å². The molecule has 0 spiro atoms. The SMILES string of the molecule is CC1(O)CCC(Nc2nc(Cc3cc(C(=O)NC4CCOCC4)ns3)nc3ccsc23)CC1. The van der Waals surface area contributed by atoms with Gasteiger partial charge >= 0.3 is 0 Å². The molecule has 2 aliphatic rings. The molecule has 1 aliphatic carbocycles. The minimum atomic E-state index is -0.561. The van der Waals surface area contributed by atoms with Crippen LogP contribution in [-0.4, -0.2) is 56.3 Å². The van der Waals surface area contributed by atoms with E-state index < -0.39 is 5.60 Å². The third-order valence-corrected chi connectivity index (χ3v) is 8.13.